The van der Waals surface area contributed by atoms with Crippen molar-refractivity contribution >= 4 is 0 Å². The largest absolute Gasteiger partial charge is 0.412 e. The SMILES string of the molecule is C[N+](C)(C)C.C[N+](C)(C)C.O. The zero-order chi connectivity index (χ0) is 9.00. The fourth-order valence-corrected chi connectivity index (χ4v) is 0. The summed E-state index contributed by atoms with van der Waals surface area (Å²) in [6, 6.07) is 0. The van der Waals surface area contributed by atoms with E-state index in [0.717, 1.165) is 8.97 Å². The Bertz CT molecular complexity index is 55.1. The minimum absolute atomic E-state index is 0. The van der Waals surface area contributed by atoms with E-state index in [1.54, 1.807) is 0 Å². The molecule has 0 heterocycles. The van der Waals surface area contributed by atoms with Gasteiger partial charge in [-0.05, 0) is 0 Å². The maximum absolute atomic E-state index is 2.12. The second kappa shape index (κ2) is 5.52. The number of nitrogens with zero attached hydrogens (tertiary/aromatic N) is 2. The summed E-state index contributed by atoms with van der Waals surface area (Å²) in [5.41, 5.74) is 0. The van der Waals surface area contributed by atoms with E-state index in [4.69, 9.17) is 0 Å². The van der Waals surface area contributed by atoms with Gasteiger partial charge in [0.2, 0.25) is 0 Å². The smallest absolute Gasteiger partial charge is 0.0675 e. The molecule has 0 rings (SSSR count). The Kier molecular flexibility index (Phi) is 8.58. The highest BCUT2D eigenvalue weighted by molar-refractivity contribution is 3.87. The normalized spacial score (nSPS) is 10.9. The second-order valence-electron chi connectivity index (χ2n) is 5.37. The third-order valence-electron chi connectivity index (χ3n) is 0. The van der Waals surface area contributed by atoms with E-state index in [2.05, 4.69) is 56.4 Å². The standard InChI is InChI=1S/2C4H12N.H2O/c2*1-5(2,3)4;/h2*1-4H3;1H2/q2*+1;. The fourth-order valence-electron chi connectivity index (χ4n) is 0. The molecule has 72 valence electrons. The molecule has 0 aliphatic rings. The Morgan fingerprint density at radius 1 is 0.455 bits per heavy atom. The predicted octanol–water partition coefficient (Wildman–Crippen LogP) is -0.180. The summed E-state index contributed by atoms with van der Waals surface area (Å²) in [6.07, 6.45) is 0. The van der Waals surface area contributed by atoms with Crippen LogP contribution >= 0.6 is 0 Å². The van der Waals surface area contributed by atoms with Crippen LogP contribution in [0.2, 0.25) is 0 Å². The average molecular weight is 166 g/mol. The first-order valence-corrected chi connectivity index (χ1v) is 3.58. The molecule has 3 heteroatoms. The van der Waals surface area contributed by atoms with E-state index < -0.39 is 0 Å². The molecule has 0 spiro atoms. The highest BCUT2D eigenvalue weighted by Crippen LogP contribution is 1.74. The molecule has 0 atom stereocenters. The third-order valence-corrected chi connectivity index (χ3v) is 0. The maximum Gasteiger partial charge on any atom is 0.0675 e. The monoisotopic (exact) mass is 166 g/mol. The quantitative estimate of drug-likeness (QED) is 0.447. The van der Waals surface area contributed by atoms with Gasteiger partial charge in [0.15, 0.2) is 0 Å². The van der Waals surface area contributed by atoms with Gasteiger partial charge < -0.3 is 14.4 Å². The van der Waals surface area contributed by atoms with Crippen LogP contribution in [0, 0.1) is 0 Å². The minimum atomic E-state index is 0. The van der Waals surface area contributed by atoms with Gasteiger partial charge in [0.1, 0.15) is 0 Å². The van der Waals surface area contributed by atoms with Crippen molar-refractivity contribution < 1.29 is 14.4 Å². The molecule has 0 aromatic rings. The lowest BCUT2D eigenvalue weighted by Crippen LogP contribution is -2.27. The van der Waals surface area contributed by atoms with Crippen molar-refractivity contribution in [3.8, 4) is 0 Å². The van der Waals surface area contributed by atoms with E-state index in [0.29, 0.717) is 0 Å². The van der Waals surface area contributed by atoms with Gasteiger partial charge in [-0.25, -0.2) is 0 Å². The molecule has 3 nitrogen and oxygen atoms in total. The van der Waals surface area contributed by atoms with Crippen molar-refractivity contribution in [2.45, 2.75) is 0 Å². The van der Waals surface area contributed by atoms with E-state index >= 15 is 0 Å². The first-order valence-electron chi connectivity index (χ1n) is 3.58. The zero-order valence-electron chi connectivity index (χ0n) is 9.39. The summed E-state index contributed by atoms with van der Waals surface area (Å²) in [7, 11) is 17.0. The lowest BCUT2D eigenvalue weighted by molar-refractivity contribution is -0.849. The summed E-state index contributed by atoms with van der Waals surface area (Å²) in [6.45, 7) is 0. The molecule has 0 unspecified atom stereocenters. The van der Waals surface area contributed by atoms with Crippen molar-refractivity contribution in [2.75, 3.05) is 56.4 Å². The van der Waals surface area contributed by atoms with E-state index in [1.807, 2.05) is 0 Å². The van der Waals surface area contributed by atoms with E-state index in [1.165, 1.54) is 0 Å². The highest BCUT2D eigenvalue weighted by atomic mass is 16.0. The average Bonchev–Trinajstić information content (AvgIpc) is 1.12. The third kappa shape index (κ3) is 42600. The van der Waals surface area contributed by atoms with Crippen molar-refractivity contribution in [1.82, 2.24) is 0 Å². The molecular formula is C8H26N2O+2. The van der Waals surface area contributed by atoms with Gasteiger partial charge in [-0.1, -0.05) is 0 Å². The van der Waals surface area contributed by atoms with Gasteiger partial charge >= 0.3 is 0 Å². The molecule has 0 saturated heterocycles. The second-order valence-corrected chi connectivity index (χ2v) is 5.37. The highest BCUT2D eigenvalue weighted by Gasteiger charge is 1.88. The summed E-state index contributed by atoms with van der Waals surface area (Å²) < 4.78 is 2.00. The fraction of sp³-hybridized carbons (Fsp3) is 1.00. The van der Waals surface area contributed by atoms with Crippen molar-refractivity contribution in [2.24, 2.45) is 0 Å². The van der Waals surface area contributed by atoms with Gasteiger partial charge in [-0.15, -0.1) is 0 Å². The van der Waals surface area contributed by atoms with Crippen LogP contribution in [0.1, 0.15) is 0 Å². The predicted molar refractivity (Wildman–Crippen MR) is 51.5 cm³/mol. The summed E-state index contributed by atoms with van der Waals surface area (Å²) in [5.74, 6) is 0. The van der Waals surface area contributed by atoms with Crippen LogP contribution in [0.4, 0.5) is 0 Å². The molecule has 0 radical (unpaired) electrons. The lowest BCUT2D eigenvalue weighted by Gasteiger charge is -2.14. The maximum atomic E-state index is 2.12. The Morgan fingerprint density at radius 3 is 0.455 bits per heavy atom. The molecule has 0 aliphatic heterocycles. The van der Waals surface area contributed by atoms with Crippen molar-refractivity contribution in [1.29, 1.82) is 0 Å². The minimum Gasteiger partial charge on any atom is -0.412 e. The Balaban J connectivity index is -0.000000107. The molecule has 0 aromatic heterocycles. The Labute approximate surface area is 71.7 Å². The Morgan fingerprint density at radius 2 is 0.455 bits per heavy atom. The molecule has 0 saturated carbocycles. The van der Waals surface area contributed by atoms with Gasteiger partial charge in [0.25, 0.3) is 0 Å². The molecule has 0 amide bonds. The van der Waals surface area contributed by atoms with E-state index in [-0.39, 0.29) is 5.48 Å². The van der Waals surface area contributed by atoms with Crippen LogP contribution in [0.15, 0.2) is 0 Å². The van der Waals surface area contributed by atoms with E-state index in [9.17, 15) is 0 Å². The van der Waals surface area contributed by atoms with Gasteiger partial charge in [-0.3, -0.25) is 0 Å². The molecule has 0 aromatic carbocycles. The Hall–Kier alpha value is -0.120. The van der Waals surface area contributed by atoms with Crippen molar-refractivity contribution in [3.63, 3.8) is 0 Å². The first-order chi connectivity index (χ1) is 4.00. The van der Waals surface area contributed by atoms with Gasteiger partial charge in [0.05, 0.1) is 56.4 Å². The van der Waals surface area contributed by atoms with Crippen LogP contribution in [0.3, 0.4) is 0 Å². The van der Waals surface area contributed by atoms with Crippen LogP contribution < -0.4 is 0 Å². The number of quaternary nitrogens is 2. The number of rotatable bonds is 0. The lowest BCUT2D eigenvalue weighted by atomic mass is 10.8. The molecule has 0 bridgehead atoms. The van der Waals surface area contributed by atoms with Gasteiger partial charge in [0, 0.05) is 0 Å². The number of hydrogen-bond donors (Lipinski definition) is 0. The zero-order valence-corrected chi connectivity index (χ0v) is 9.39. The van der Waals surface area contributed by atoms with Crippen LogP contribution in [-0.2, 0) is 0 Å². The molecule has 11 heavy (non-hydrogen) atoms. The molecule has 2 N–H and O–H groups in total. The number of hydrogen-bond acceptors (Lipinski definition) is 0. The van der Waals surface area contributed by atoms with Crippen molar-refractivity contribution in [3.05, 3.63) is 0 Å². The van der Waals surface area contributed by atoms with Crippen LogP contribution in [0.25, 0.3) is 0 Å². The first kappa shape index (κ1) is 17.1. The molecule has 0 aliphatic carbocycles. The molecular weight excluding hydrogens is 140 g/mol. The molecule has 0 fully saturated rings. The summed E-state index contributed by atoms with van der Waals surface area (Å²) in [4.78, 5) is 0. The summed E-state index contributed by atoms with van der Waals surface area (Å²) >= 11 is 0. The van der Waals surface area contributed by atoms with Gasteiger partial charge in [-0.2, -0.15) is 0 Å². The summed E-state index contributed by atoms with van der Waals surface area (Å²) in [5, 5.41) is 0. The topological polar surface area (TPSA) is 31.5 Å². The van der Waals surface area contributed by atoms with Crippen LogP contribution in [0.5, 0.6) is 0 Å². The van der Waals surface area contributed by atoms with Crippen LogP contribution in [-0.4, -0.2) is 70.8 Å².